The molecule has 1 aromatic rings. The smallest absolute Gasteiger partial charge is 0.246 e. The summed E-state index contributed by atoms with van der Waals surface area (Å²) in [5.74, 6) is -0.631. The van der Waals surface area contributed by atoms with Crippen molar-refractivity contribution in [2.75, 3.05) is 18.0 Å². The lowest BCUT2D eigenvalue weighted by Gasteiger charge is -2.29. The summed E-state index contributed by atoms with van der Waals surface area (Å²) in [6.07, 6.45) is 0. The molecule has 0 aromatic heterocycles. The molecule has 1 fully saturated rings. The Morgan fingerprint density at radius 1 is 1.29 bits per heavy atom. The monoisotopic (exact) mass is 253 g/mol. The third-order valence-electron chi connectivity index (χ3n) is 2.59. The molecule has 6 heteroatoms. The number of piperazine rings is 1. The van der Waals surface area contributed by atoms with Gasteiger partial charge in [-0.15, -0.1) is 0 Å². The molecular weight excluding hydrogens is 242 g/mol. The molecule has 0 bridgehead atoms. The second-order valence-corrected chi connectivity index (χ2v) is 4.18. The fraction of sp³-hybridized carbons (Fsp3) is 0.273. The molecule has 2 rings (SSSR count). The molecule has 17 heavy (non-hydrogen) atoms. The van der Waals surface area contributed by atoms with E-state index < -0.39 is 0 Å². The van der Waals surface area contributed by atoms with Gasteiger partial charge in [-0.1, -0.05) is 17.7 Å². The number of rotatable bonds is 2. The molecule has 0 saturated carbocycles. The number of hydrogen-bond acceptors (Lipinski definition) is 4. The molecule has 5 nitrogen and oxygen atoms in total. The van der Waals surface area contributed by atoms with Crippen molar-refractivity contribution in [2.45, 2.75) is 6.54 Å². The maximum atomic E-state index is 11.3. The van der Waals surface area contributed by atoms with Gasteiger partial charge in [0.25, 0.3) is 0 Å². The molecule has 90 valence electrons. The van der Waals surface area contributed by atoms with Gasteiger partial charge in [0.05, 0.1) is 13.1 Å². The van der Waals surface area contributed by atoms with Crippen LogP contribution < -0.4 is 16.0 Å². The minimum atomic E-state index is -0.316. The van der Waals surface area contributed by atoms with Crippen LogP contribution in [0.1, 0.15) is 5.56 Å². The fourth-order valence-corrected chi connectivity index (χ4v) is 2.10. The molecule has 0 aliphatic carbocycles. The summed E-state index contributed by atoms with van der Waals surface area (Å²) < 4.78 is 0. The Hall–Kier alpha value is -1.59. The largest absolute Gasteiger partial charge is 0.353 e. The summed E-state index contributed by atoms with van der Waals surface area (Å²) in [5, 5.41) is 2.79. The fourth-order valence-electron chi connectivity index (χ4n) is 1.85. The molecule has 3 N–H and O–H groups in total. The lowest BCUT2D eigenvalue weighted by atomic mass is 10.1. The minimum absolute atomic E-state index is 0.138. The van der Waals surface area contributed by atoms with E-state index in [4.69, 9.17) is 17.3 Å². The normalized spacial score (nSPS) is 16.0. The number of carbonyl (C=O) groups excluding carboxylic acids is 2. The number of imide groups is 1. The predicted octanol–water partition coefficient (Wildman–Crippen LogP) is 0.261. The SMILES string of the molecule is NCc1c(Cl)cccc1N1CC(=O)NC(=O)C1. The number of hydrogen-bond donors (Lipinski definition) is 2. The predicted molar refractivity (Wildman–Crippen MR) is 64.7 cm³/mol. The molecule has 0 radical (unpaired) electrons. The summed E-state index contributed by atoms with van der Waals surface area (Å²) in [6.45, 7) is 0.541. The lowest BCUT2D eigenvalue weighted by Crippen LogP contribution is -2.51. The third kappa shape index (κ3) is 2.40. The third-order valence-corrected chi connectivity index (χ3v) is 2.94. The van der Waals surface area contributed by atoms with Crippen LogP contribution in [0, 0.1) is 0 Å². The number of carbonyl (C=O) groups is 2. The van der Waals surface area contributed by atoms with E-state index in [-0.39, 0.29) is 31.4 Å². The average molecular weight is 254 g/mol. The second kappa shape index (κ2) is 4.73. The van der Waals surface area contributed by atoms with Crippen molar-refractivity contribution >= 4 is 29.1 Å². The first-order valence-electron chi connectivity index (χ1n) is 5.17. The summed E-state index contributed by atoms with van der Waals surface area (Å²) in [4.78, 5) is 24.3. The molecule has 2 amide bonds. The summed E-state index contributed by atoms with van der Waals surface area (Å²) in [5.41, 5.74) is 7.12. The van der Waals surface area contributed by atoms with Crippen LogP contribution in [0.15, 0.2) is 18.2 Å². The van der Waals surface area contributed by atoms with Crippen LogP contribution in [0.3, 0.4) is 0 Å². The molecule has 0 atom stereocenters. The zero-order valence-corrected chi connectivity index (χ0v) is 9.83. The van der Waals surface area contributed by atoms with Gasteiger partial charge < -0.3 is 10.6 Å². The van der Waals surface area contributed by atoms with Gasteiger partial charge >= 0.3 is 0 Å². The summed E-state index contributed by atoms with van der Waals surface area (Å²) in [7, 11) is 0. The minimum Gasteiger partial charge on any atom is -0.353 e. The number of nitrogens with two attached hydrogens (primary N) is 1. The molecule has 0 spiro atoms. The van der Waals surface area contributed by atoms with Crippen molar-refractivity contribution in [1.82, 2.24) is 5.32 Å². The highest BCUT2D eigenvalue weighted by molar-refractivity contribution is 6.31. The van der Waals surface area contributed by atoms with Crippen molar-refractivity contribution in [3.05, 3.63) is 28.8 Å². The number of nitrogens with one attached hydrogen (secondary N) is 1. The molecule has 0 unspecified atom stereocenters. The van der Waals surface area contributed by atoms with Crippen molar-refractivity contribution in [2.24, 2.45) is 5.73 Å². The van der Waals surface area contributed by atoms with Crippen LogP contribution in [0.25, 0.3) is 0 Å². The molecule has 1 aliphatic rings. The van der Waals surface area contributed by atoms with Crippen molar-refractivity contribution in [3.63, 3.8) is 0 Å². The Bertz CT molecular complexity index is 460. The summed E-state index contributed by atoms with van der Waals surface area (Å²) in [6, 6.07) is 5.31. The van der Waals surface area contributed by atoms with Crippen LogP contribution >= 0.6 is 11.6 Å². The number of anilines is 1. The molecule has 1 saturated heterocycles. The molecule has 1 aromatic carbocycles. The molecule has 1 aliphatic heterocycles. The van der Waals surface area contributed by atoms with E-state index in [0.29, 0.717) is 5.02 Å². The van der Waals surface area contributed by atoms with E-state index in [1.165, 1.54) is 0 Å². The number of nitrogens with zero attached hydrogens (tertiary/aromatic N) is 1. The first kappa shape index (κ1) is 11.9. The van der Waals surface area contributed by atoms with E-state index in [2.05, 4.69) is 5.32 Å². The average Bonchev–Trinajstić information content (AvgIpc) is 2.27. The van der Waals surface area contributed by atoms with Crippen molar-refractivity contribution < 1.29 is 9.59 Å². The maximum Gasteiger partial charge on any atom is 0.246 e. The molecule has 1 heterocycles. The maximum absolute atomic E-state index is 11.3. The molecular formula is C11H12ClN3O2. The van der Waals surface area contributed by atoms with Gasteiger partial charge in [-0.25, -0.2) is 0 Å². The standard InChI is InChI=1S/C11H12ClN3O2/c12-8-2-1-3-9(7(8)4-13)15-5-10(16)14-11(17)6-15/h1-3H,4-6,13H2,(H,14,16,17). The first-order valence-corrected chi connectivity index (χ1v) is 5.54. The lowest BCUT2D eigenvalue weighted by molar-refractivity contribution is -0.130. The van der Waals surface area contributed by atoms with Crippen LogP contribution in [-0.2, 0) is 16.1 Å². The van der Waals surface area contributed by atoms with Gasteiger partial charge in [0.1, 0.15) is 0 Å². The van der Waals surface area contributed by atoms with E-state index in [1.54, 1.807) is 23.1 Å². The quantitative estimate of drug-likeness (QED) is 0.742. The van der Waals surface area contributed by atoms with Crippen LogP contribution in [0.5, 0.6) is 0 Å². The number of benzene rings is 1. The topological polar surface area (TPSA) is 75.4 Å². The van der Waals surface area contributed by atoms with E-state index in [0.717, 1.165) is 11.3 Å². The Balaban J connectivity index is 2.36. The van der Waals surface area contributed by atoms with Gasteiger partial charge in [-0.2, -0.15) is 0 Å². The highest BCUT2D eigenvalue weighted by atomic mass is 35.5. The second-order valence-electron chi connectivity index (χ2n) is 3.77. The van der Waals surface area contributed by atoms with E-state index in [9.17, 15) is 9.59 Å². The number of halogens is 1. The van der Waals surface area contributed by atoms with Crippen LogP contribution in [-0.4, -0.2) is 24.9 Å². The number of amides is 2. The van der Waals surface area contributed by atoms with Gasteiger partial charge in [-0.05, 0) is 12.1 Å². The summed E-state index contributed by atoms with van der Waals surface area (Å²) >= 11 is 6.03. The van der Waals surface area contributed by atoms with E-state index >= 15 is 0 Å². The van der Waals surface area contributed by atoms with Gasteiger partial charge in [0.15, 0.2) is 0 Å². The Labute approximate surface area is 104 Å². The first-order chi connectivity index (χ1) is 8.11. The zero-order valence-electron chi connectivity index (χ0n) is 9.07. The Morgan fingerprint density at radius 3 is 2.53 bits per heavy atom. The highest BCUT2D eigenvalue weighted by Gasteiger charge is 2.24. The Morgan fingerprint density at radius 2 is 1.94 bits per heavy atom. The van der Waals surface area contributed by atoms with Crippen LogP contribution in [0.2, 0.25) is 5.02 Å². The zero-order chi connectivity index (χ0) is 12.4. The van der Waals surface area contributed by atoms with Gasteiger partial charge in [0.2, 0.25) is 11.8 Å². The van der Waals surface area contributed by atoms with Crippen molar-refractivity contribution in [1.29, 1.82) is 0 Å². The van der Waals surface area contributed by atoms with Gasteiger partial charge in [0, 0.05) is 22.8 Å². The van der Waals surface area contributed by atoms with Gasteiger partial charge in [-0.3, -0.25) is 14.9 Å². The Kier molecular flexibility index (Phi) is 3.31. The van der Waals surface area contributed by atoms with Crippen molar-refractivity contribution in [3.8, 4) is 0 Å². The highest BCUT2D eigenvalue weighted by Crippen LogP contribution is 2.27. The van der Waals surface area contributed by atoms with Crippen LogP contribution in [0.4, 0.5) is 5.69 Å². The van der Waals surface area contributed by atoms with E-state index in [1.807, 2.05) is 0 Å².